The highest BCUT2D eigenvalue weighted by Gasteiger charge is 2.18. The second kappa shape index (κ2) is 11.6. The summed E-state index contributed by atoms with van der Waals surface area (Å²) in [5, 5.41) is 7.54. The van der Waals surface area contributed by atoms with Crippen molar-refractivity contribution in [2.24, 2.45) is 0 Å². The van der Waals surface area contributed by atoms with Gasteiger partial charge in [0.1, 0.15) is 23.9 Å². The van der Waals surface area contributed by atoms with Crippen LogP contribution in [0.25, 0.3) is 0 Å². The average molecular weight is 506 g/mol. The van der Waals surface area contributed by atoms with Gasteiger partial charge in [-0.3, -0.25) is 9.48 Å². The first-order chi connectivity index (χ1) is 17.9. The number of hydrogen-bond donors (Lipinski definition) is 1. The second-order valence-electron chi connectivity index (χ2n) is 8.31. The number of benzene rings is 2. The van der Waals surface area contributed by atoms with E-state index in [1.807, 2.05) is 67.9 Å². The van der Waals surface area contributed by atoms with Crippen LogP contribution in [0, 0.1) is 13.8 Å². The third kappa shape index (κ3) is 6.06. The molecule has 0 aliphatic carbocycles. The van der Waals surface area contributed by atoms with Crippen LogP contribution >= 0.6 is 0 Å². The number of carbonyl (C=O) groups excluding carboxylic acids is 1. The van der Waals surface area contributed by atoms with Crippen molar-refractivity contribution in [1.82, 2.24) is 9.78 Å². The highest BCUT2D eigenvalue weighted by molar-refractivity contribution is 6.02. The molecule has 0 bridgehead atoms. The molecule has 9 nitrogen and oxygen atoms in total. The Hall–Kier alpha value is -4.40. The molecule has 1 N–H and O–H groups in total. The molecule has 0 saturated carbocycles. The Balaban J connectivity index is 1.39. The van der Waals surface area contributed by atoms with Crippen LogP contribution in [0.3, 0.4) is 0 Å². The molecule has 37 heavy (non-hydrogen) atoms. The van der Waals surface area contributed by atoms with E-state index >= 15 is 0 Å². The Morgan fingerprint density at radius 3 is 2.32 bits per heavy atom. The molecule has 9 heteroatoms. The fraction of sp³-hybridized carbons (Fsp3) is 0.286. The first-order valence-electron chi connectivity index (χ1n) is 11.9. The van der Waals surface area contributed by atoms with Gasteiger partial charge in [0, 0.05) is 0 Å². The fourth-order valence-corrected chi connectivity index (χ4v) is 3.89. The molecule has 2 heterocycles. The third-order valence-electron chi connectivity index (χ3n) is 5.80. The van der Waals surface area contributed by atoms with Crippen molar-refractivity contribution in [2.45, 2.75) is 33.9 Å². The molecular formula is C28H31N3O6. The van der Waals surface area contributed by atoms with E-state index in [0.717, 1.165) is 17.0 Å². The maximum absolute atomic E-state index is 12.9. The van der Waals surface area contributed by atoms with E-state index in [1.165, 1.54) is 0 Å². The van der Waals surface area contributed by atoms with Gasteiger partial charge in [0.2, 0.25) is 0 Å². The average Bonchev–Trinajstić information content (AvgIpc) is 3.49. The minimum Gasteiger partial charge on any atom is -0.494 e. The summed E-state index contributed by atoms with van der Waals surface area (Å²) in [7, 11) is 3.20. The zero-order valence-corrected chi connectivity index (χ0v) is 21.7. The number of nitrogens with one attached hydrogen (secondary N) is 1. The highest BCUT2D eigenvalue weighted by atomic mass is 16.5. The van der Waals surface area contributed by atoms with Crippen molar-refractivity contribution >= 4 is 11.6 Å². The molecule has 0 spiro atoms. The van der Waals surface area contributed by atoms with Gasteiger partial charge >= 0.3 is 0 Å². The molecule has 0 radical (unpaired) electrons. The maximum atomic E-state index is 12.9. The second-order valence-corrected chi connectivity index (χ2v) is 8.31. The summed E-state index contributed by atoms with van der Waals surface area (Å²) in [6.07, 6.45) is 0. The number of hydrogen-bond acceptors (Lipinski definition) is 7. The molecule has 0 unspecified atom stereocenters. The van der Waals surface area contributed by atoms with Gasteiger partial charge in [-0.2, -0.15) is 5.10 Å². The van der Waals surface area contributed by atoms with Crippen molar-refractivity contribution in [3.63, 3.8) is 0 Å². The molecule has 4 rings (SSSR count). The van der Waals surface area contributed by atoms with Gasteiger partial charge in [-0.05, 0) is 74.9 Å². The SMILES string of the molecule is CCOc1ccc(OCc2ccc(C(=O)Nc3c(C)nn(Cc4ccc(OC)c(OC)c4)c3C)o2)cc1. The predicted molar refractivity (Wildman–Crippen MR) is 139 cm³/mol. The van der Waals surface area contributed by atoms with Crippen LogP contribution < -0.4 is 24.3 Å². The summed E-state index contributed by atoms with van der Waals surface area (Å²) < 4.78 is 29.4. The van der Waals surface area contributed by atoms with Crippen LogP contribution in [0.4, 0.5) is 5.69 Å². The largest absolute Gasteiger partial charge is 0.494 e. The number of nitrogens with zero attached hydrogens (tertiary/aromatic N) is 2. The van der Waals surface area contributed by atoms with Crippen molar-refractivity contribution in [1.29, 1.82) is 0 Å². The maximum Gasteiger partial charge on any atom is 0.291 e. The van der Waals surface area contributed by atoms with Gasteiger partial charge in [0.05, 0.1) is 44.4 Å². The van der Waals surface area contributed by atoms with E-state index in [2.05, 4.69) is 10.4 Å². The molecule has 194 valence electrons. The third-order valence-corrected chi connectivity index (χ3v) is 5.80. The van der Waals surface area contributed by atoms with E-state index in [4.69, 9.17) is 23.4 Å². The number of carbonyl (C=O) groups is 1. The topological polar surface area (TPSA) is 97.0 Å². The summed E-state index contributed by atoms with van der Waals surface area (Å²) in [6, 6.07) is 16.4. The van der Waals surface area contributed by atoms with Gasteiger partial charge < -0.3 is 28.7 Å². The van der Waals surface area contributed by atoms with Crippen molar-refractivity contribution in [3.05, 3.63) is 83.1 Å². The van der Waals surface area contributed by atoms with E-state index in [9.17, 15) is 4.79 Å². The minimum absolute atomic E-state index is 0.191. The van der Waals surface area contributed by atoms with Crippen LogP contribution in [-0.4, -0.2) is 36.5 Å². The Bertz CT molecular complexity index is 1360. The number of anilines is 1. The number of aryl methyl sites for hydroxylation is 1. The number of methoxy groups -OCH3 is 2. The minimum atomic E-state index is -0.357. The Labute approximate surface area is 215 Å². The van der Waals surface area contributed by atoms with E-state index in [0.29, 0.717) is 47.5 Å². The standard InChI is InChI=1S/C28H31N3O6/c1-6-35-21-8-10-22(11-9-21)36-17-23-12-14-25(37-23)28(32)29-27-18(2)30-31(19(27)3)16-20-7-13-24(33-4)26(15-20)34-5/h7-15H,6,16-17H2,1-5H3,(H,29,32). The van der Waals surface area contributed by atoms with Crippen molar-refractivity contribution in [3.8, 4) is 23.0 Å². The van der Waals surface area contributed by atoms with E-state index in [-0.39, 0.29) is 18.3 Å². The molecule has 2 aromatic carbocycles. The van der Waals surface area contributed by atoms with Gasteiger partial charge in [-0.1, -0.05) is 6.07 Å². The van der Waals surface area contributed by atoms with Crippen LogP contribution in [-0.2, 0) is 13.2 Å². The molecule has 4 aromatic rings. The molecule has 0 atom stereocenters. The Morgan fingerprint density at radius 2 is 1.65 bits per heavy atom. The summed E-state index contributed by atoms with van der Waals surface area (Å²) in [5.41, 5.74) is 3.17. The fourth-order valence-electron chi connectivity index (χ4n) is 3.89. The summed E-state index contributed by atoms with van der Waals surface area (Å²) in [5.74, 6) is 3.14. The number of rotatable bonds is 11. The number of furan rings is 1. The summed E-state index contributed by atoms with van der Waals surface area (Å²) in [6.45, 7) is 7.01. The van der Waals surface area contributed by atoms with Gasteiger partial charge in [-0.25, -0.2) is 0 Å². The van der Waals surface area contributed by atoms with Crippen molar-refractivity contribution < 1.29 is 28.2 Å². The Morgan fingerprint density at radius 1 is 0.946 bits per heavy atom. The lowest BCUT2D eigenvalue weighted by molar-refractivity contribution is 0.0992. The molecule has 2 aromatic heterocycles. The van der Waals surface area contributed by atoms with Gasteiger partial charge in [0.15, 0.2) is 17.3 Å². The first-order valence-corrected chi connectivity index (χ1v) is 11.9. The number of aromatic nitrogens is 2. The summed E-state index contributed by atoms with van der Waals surface area (Å²) in [4.78, 5) is 12.9. The smallest absolute Gasteiger partial charge is 0.291 e. The van der Waals surface area contributed by atoms with Crippen LogP contribution in [0.15, 0.2) is 59.0 Å². The van der Waals surface area contributed by atoms with Crippen molar-refractivity contribution in [2.75, 3.05) is 26.1 Å². The first kappa shape index (κ1) is 25.7. The van der Waals surface area contributed by atoms with Crippen LogP contribution in [0.1, 0.15) is 40.2 Å². The molecule has 1 amide bonds. The quantitative estimate of drug-likeness (QED) is 0.292. The van der Waals surface area contributed by atoms with Gasteiger partial charge in [0.25, 0.3) is 5.91 Å². The molecular weight excluding hydrogens is 474 g/mol. The lowest BCUT2D eigenvalue weighted by Gasteiger charge is -2.11. The molecule has 0 saturated heterocycles. The predicted octanol–water partition coefficient (Wildman–Crippen LogP) is 5.39. The number of amides is 1. The molecule has 0 fully saturated rings. The van der Waals surface area contributed by atoms with Gasteiger partial charge in [-0.15, -0.1) is 0 Å². The lowest BCUT2D eigenvalue weighted by atomic mass is 10.2. The monoisotopic (exact) mass is 505 g/mol. The van der Waals surface area contributed by atoms with E-state index in [1.54, 1.807) is 26.4 Å². The highest BCUT2D eigenvalue weighted by Crippen LogP contribution is 2.29. The van der Waals surface area contributed by atoms with Crippen LogP contribution in [0.2, 0.25) is 0 Å². The summed E-state index contributed by atoms with van der Waals surface area (Å²) >= 11 is 0. The number of ether oxygens (including phenoxy) is 4. The zero-order chi connectivity index (χ0) is 26.4. The zero-order valence-electron chi connectivity index (χ0n) is 21.7. The molecule has 0 aliphatic rings. The van der Waals surface area contributed by atoms with E-state index < -0.39 is 0 Å². The van der Waals surface area contributed by atoms with Crippen LogP contribution in [0.5, 0.6) is 23.0 Å². The lowest BCUT2D eigenvalue weighted by Crippen LogP contribution is -2.12. The Kier molecular flexibility index (Phi) is 8.02. The molecule has 0 aliphatic heterocycles. The normalized spacial score (nSPS) is 10.7.